The molecule has 2 aromatic rings. The van der Waals surface area contributed by atoms with E-state index >= 15 is 0 Å². The van der Waals surface area contributed by atoms with Crippen molar-refractivity contribution in [2.24, 2.45) is 0 Å². The maximum Gasteiger partial charge on any atom is 0.325 e. The van der Waals surface area contributed by atoms with Crippen LogP contribution in [0, 0.1) is 0 Å². The molecule has 0 unspecified atom stereocenters. The second-order valence-electron chi connectivity index (χ2n) is 3.07. The van der Waals surface area contributed by atoms with Crippen molar-refractivity contribution in [3.8, 4) is 5.75 Å². The van der Waals surface area contributed by atoms with Gasteiger partial charge in [0.05, 0.1) is 15.7 Å². The van der Waals surface area contributed by atoms with Crippen molar-refractivity contribution in [2.45, 2.75) is 0 Å². The quantitative estimate of drug-likeness (QED) is 0.745. The minimum atomic E-state index is -0.451. The van der Waals surface area contributed by atoms with Crippen molar-refractivity contribution >= 4 is 44.1 Å². The first-order valence-corrected chi connectivity index (χ1v) is 6.23. The first-order chi connectivity index (χ1) is 8.15. The number of rotatable bonds is 2. The van der Waals surface area contributed by atoms with Crippen LogP contribution in [0.25, 0.3) is 0 Å². The highest BCUT2D eigenvalue weighted by molar-refractivity contribution is 9.11. The number of phenols is 1. The first-order valence-electron chi connectivity index (χ1n) is 4.62. The van der Waals surface area contributed by atoms with Crippen molar-refractivity contribution in [1.29, 1.82) is 0 Å². The largest absolute Gasteiger partial charge is 0.506 e. The maximum absolute atomic E-state index is 11.6. The number of anilines is 2. The first kappa shape index (κ1) is 11.9. The van der Waals surface area contributed by atoms with Crippen LogP contribution in [0.1, 0.15) is 0 Å². The fraction of sp³-hybridized carbons (Fsp3) is 0. The van der Waals surface area contributed by atoms with E-state index in [0.717, 1.165) is 3.79 Å². The van der Waals surface area contributed by atoms with E-state index in [4.69, 9.17) is 0 Å². The summed E-state index contributed by atoms with van der Waals surface area (Å²) in [4.78, 5) is 15.5. The third-order valence-corrected chi connectivity index (χ3v) is 3.24. The molecule has 2 rings (SSSR count). The molecule has 88 valence electrons. The predicted molar refractivity (Wildman–Crippen MR) is 70.6 cm³/mol. The highest BCUT2D eigenvalue weighted by Crippen LogP contribution is 2.24. The van der Waals surface area contributed by atoms with Gasteiger partial charge in [0.15, 0.2) is 5.13 Å². The van der Waals surface area contributed by atoms with Crippen molar-refractivity contribution in [3.05, 3.63) is 34.2 Å². The Morgan fingerprint density at radius 1 is 1.35 bits per heavy atom. The van der Waals surface area contributed by atoms with E-state index in [2.05, 4.69) is 31.5 Å². The molecular formula is C10H8BrN3O2S. The van der Waals surface area contributed by atoms with Gasteiger partial charge in [-0.2, -0.15) is 0 Å². The number of phenolic OH excluding ortho intramolecular Hbond substituents is 1. The van der Waals surface area contributed by atoms with E-state index in [1.807, 2.05) is 0 Å². The normalized spacial score (nSPS) is 9.94. The zero-order valence-corrected chi connectivity index (χ0v) is 10.9. The Kier molecular flexibility index (Phi) is 3.60. The average Bonchev–Trinajstić information content (AvgIpc) is 2.67. The second-order valence-corrected chi connectivity index (χ2v) is 5.48. The number of aromatic hydroxyl groups is 1. The van der Waals surface area contributed by atoms with Crippen LogP contribution in [0.2, 0.25) is 0 Å². The molecule has 0 radical (unpaired) electrons. The van der Waals surface area contributed by atoms with Gasteiger partial charge in [0.2, 0.25) is 0 Å². The Morgan fingerprint density at radius 3 is 2.76 bits per heavy atom. The summed E-state index contributed by atoms with van der Waals surface area (Å²) < 4.78 is 0.829. The summed E-state index contributed by atoms with van der Waals surface area (Å²) in [6.45, 7) is 0. The second kappa shape index (κ2) is 5.15. The Hall–Kier alpha value is -1.60. The topological polar surface area (TPSA) is 74.2 Å². The van der Waals surface area contributed by atoms with Gasteiger partial charge in [-0.25, -0.2) is 9.78 Å². The Labute approximate surface area is 110 Å². The third kappa shape index (κ3) is 3.18. The Morgan fingerprint density at radius 2 is 2.12 bits per heavy atom. The molecule has 0 bridgehead atoms. The molecular weight excluding hydrogens is 306 g/mol. The number of carbonyl (C=O) groups excluding carboxylic acids is 1. The van der Waals surface area contributed by atoms with Gasteiger partial charge in [-0.15, -0.1) is 0 Å². The number of hydrogen-bond donors (Lipinski definition) is 3. The molecule has 3 N–H and O–H groups in total. The van der Waals surface area contributed by atoms with Gasteiger partial charge in [0.25, 0.3) is 0 Å². The van der Waals surface area contributed by atoms with Gasteiger partial charge in [0, 0.05) is 0 Å². The van der Waals surface area contributed by atoms with Crippen molar-refractivity contribution < 1.29 is 9.90 Å². The van der Waals surface area contributed by atoms with E-state index in [-0.39, 0.29) is 5.75 Å². The molecule has 0 aliphatic carbocycles. The van der Waals surface area contributed by atoms with Crippen LogP contribution in [0.15, 0.2) is 34.2 Å². The van der Waals surface area contributed by atoms with Crippen LogP contribution < -0.4 is 10.6 Å². The minimum absolute atomic E-state index is 0.0166. The van der Waals surface area contributed by atoms with Gasteiger partial charge < -0.3 is 10.4 Å². The smallest absolute Gasteiger partial charge is 0.325 e. The number of halogens is 1. The molecule has 2 amide bonds. The summed E-state index contributed by atoms with van der Waals surface area (Å²) in [6, 6.07) is 6.04. The van der Waals surface area contributed by atoms with Crippen molar-refractivity contribution in [2.75, 3.05) is 10.6 Å². The molecule has 1 aromatic carbocycles. The maximum atomic E-state index is 11.6. The number of amides is 2. The SMILES string of the molecule is O=C(Nc1ncc(Br)s1)Nc1ccccc1O. The molecule has 0 aliphatic heterocycles. The number of thiazole rings is 1. The van der Waals surface area contributed by atoms with E-state index < -0.39 is 6.03 Å². The van der Waals surface area contributed by atoms with Crippen LogP contribution in [-0.2, 0) is 0 Å². The Balaban J connectivity index is 2.01. The summed E-state index contributed by atoms with van der Waals surface area (Å²) in [5.41, 5.74) is 0.348. The molecule has 0 saturated carbocycles. The summed E-state index contributed by atoms with van der Waals surface area (Å²) in [5, 5.41) is 15.0. The van der Waals surface area contributed by atoms with Gasteiger partial charge in [0.1, 0.15) is 5.75 Å². The lowest BCUT2D eigenvalue weighted by Crippen LogP contribution is -2.19. The lowest BCUT2D eigenvalue weighted by atomic mass is 10.3. The van der Waals surface area contributed by atoms with Crippen molar-refractivity contribution in [1.82, 2.24) is 4.98 Å². The lowest BCUT2D eigenvalue weighted by Gasteiger charge is -2.06. The number of hydrogen-bond acceptors (Lipinski definition) is 4. The predicted octanol–water partition coefficient (Wildman–Crippen LogP) is 3.26. The van der Waals surface area contributed by atoms with Gasteiger partial charge in [-0.05, 0) is 28.1 Å². The average molecular weight is 314 g/mol. The fourth-order valence-electron chi connectivity index (χ4n) is 1.14. The molecule has 0 aliphatic rings. The highest BCUT2D eigenvalue weighted by atomic mass is 79.9. The molecule has 0 saturated heterocycles. The molecule has 0 atom stereocenters. The Bertz CT molecular complexity index is 544. The molecule has 0 spiro atoms. The van der Waals surface area contributed by atoms with E-state index in [1.54, 1.807) is 24.4 Å². The minimum Gasteiger partial charge on any atom is -0.506 e. The van der Waals surface area contributed by atoms with Crippen LogP contribution in [0.3, 0.4) is 0 Å². The number of nitrogens with zero attached hydrogens (tertiary/aromatic N) is 1. The highest BCUT2D eigenvalue weighted by Gasteiger charge is 2.07. The molecule has 0 fully saturated rings. The van der Waals surface area contributed by atoms with E-state index in [1.165, 1.54) is 17.4 Å². The van der Waals surface area contributed by atoms with Gasteiger partial charge in [-0.1, -0.05) is 23.5 Å². The number of benzene rings is 1. The van der Waals surface area contributed by atoms with Crippen molar-refractivity contribution in [3.63, 3.8) is 0 Å². The lowest BCUT2D eigenvalue weighted by molar-refractivity contribution is 0.262. The summed E-state index contributed by atoms with van der Waals surface area (Å²) in [6.07, 6.45) is 1.60. The number of para-hydroxylation sites is 2. The zero-order valence-electron chi connectivity index (χ0n) is 8.48. The standard InChI is InChI=1S/C10H8BrN3O2S/c11-8-5-12-10(17-8)14-9(16)13-6-3-1-2-4-7(6)15/h1-5,15H,(H2,12,13,14,16). The molecule has 7 heteroatoms. The molecule has 1 aromatic heterocycles. The van der Waals surface area contributed by atoms with Gasteiger partial charge in [-0.3, -0.25) is 5.32 Å². The monoisotopic (exact) mass is 313 g/mol. The van der Waals surface area contributed by atoms with E-state index in [9.17, 15) is 9.90 Å². The summed E-state index contributed by atoms with van der Waals surface area (Å²) >= 11 is 4.55. The molecule has 5 nitrogen and oxygen atoms in total. The number of aromatic nitrogens is 1. The number of carbonyl (C=O) groups is 1. The molecule has 1 heterocycles. The number of urea groups is 1. The van der Waals surface area contributed by atoms with Crippen LogP contribution in [-0.4, -0.2) is 16.1 Å². The summed E-state index contributed by atoms with van der Waals surface area (Å²) in [5.74, 6) is 0.0166. The van der Waals surface area contributed by atoms with Crippen LogP contribution in [0.4, 0.5) is 15.6 Å². The zero-order chi connectivity index (χ0) is 12.3. The summed E-state index contributed by atoms with van der Waals surface area (Å²) in [7, 11) is 0. The molecule has 17 heavy (non-hydrogen) atoms. The van der Waals surface area contributed by atoms with Crippen LogP contribution in [0.5, 0.6) is 5.75 Å². The van der Waals surface area contributed by atoms with Gasteiger partial charge >= 0.3 is 6.03 Å². The van der Waals surface area contributed by atoms with E-state index in [0.29, 0.717) is 10.8 Å². The fourth-order valence-corrected chi connectivity index (χ4v) is 2.24. The third-order valence-electron chi connectivity index (χ3n) is 1.85. The number of nitrogens with one attached hydrogen (secondary N) is 2. The van der Waals surface area contributed by atoms with Crippen LogP contribution >= 0.6 is 27.3 Å².